The molecule has 30 heavy (non-hydrogen) atoms. The van der Waals surface area contributed by atoms with Crippen molar-refractivity contribution in [3.8, 4) is 0 Å². The Morgan fingerprint density at radius 2 is 1.70 bits per heavy atom. The van der Waals surface area contributed by atoms with E-state index in [0.29, 0.717) is 24.7 Å². The van der Waals surface area contributed by atoms with E-state index < -0.39 is 6.10 Å². The second-order valence-electron chi connectivity index (χ2n) is 7.96. The summed E-state index contributed by atoms with van der Waals surface area (Å²) in [5, 5.41) is 10.8. The predicted molar refractivity (Wildman–Crippen MR) is 123 cm³/mol. The first-order chi connectivity index (χ1) is 14.6. The van der Waals surface area contributed by atoms with Crippen molar-refractivity contribution in [2.45, 2.75) is 45.3 Å². The highest BCUT2D eigenvalue weighted by atomic mass is 16.3. The van der Waals surface area contributed by atoms with E-state index in [0.717, 1.165) is 30.6 Å². The maximum Gasteiger partial charge on any atom is 0.253 e. The molecule has 0 bridgehead atoms. The lowest BCUT2D eigenvalue weighted by atomic mass is 9.93. The number of hydrogen-bond donors (Lipinski definition) is 1. The smallest absolute Gasteiger partial charge is 0.253 e. The van der Waals surface area contributed by atoms with Crippen LogP contribution in [0.15, 0.2) is 61.2 Å². The van der Waals surface area contributed by atoms with E-state index in [2.05, 4.69) is 23.6 Å². The molecule has 3 rings (SSSR count). The molecule has 2 aromatic rings. The standard InChI is InChI=1S/C26H34N2O2/c1-4-18-28-19-8-7-9-24(28)20-10-12-21(13-11-20)25(29)22-14-16-23(17-15-22)26(30)27(5-2)6-3/h4,10-17,24-25,29H,1,5-9,18-19H2,2-3H3. The molecule has 2 aromatic carbocycles. The molecular formula is C26H34N2O2. The van der Waals surface area contributed by atoms with Crippen LogP contribution in [-0.4, -0.2) is 47.0 Å². The lowest BCUT2D eigenvalue weighted by molar-refractivity contribution is 0.0773. The summed E-state index contributed by atoms with van der Waals surface area (Å²) in [4.78, 5) is 16.7. The number of likely N-dealkylation sites (tertiary alicyclic amines) is 1. The predicted octanol–water partition coefficient (Wildman–Crippen LogP) is 4.96. The normalized spacial score (nSPS) is 18.0. The molecule has 1 fully saturated rings. The number of rotatable bonds is 8. The average Bonchev–Trinajstić information content (AvgIpc) is 2.80. The minimum absolute atomic E-state index is 0.0296. The third-order valence-corrected chi connectivity index (χ3v) is 6.14. The fourth-order valence-corrected chi connectivity index (χ4v) is 4.35. The number of carbonyl (C=O) groups is 1. The average molecular weight is 407 g/mol. The zero-order chi connectivity index (χ0) is 21.5. The van der Waals surface area contributed by atoms with Gasteiger partial charge in [0.05, 0.1) is 0 Å². The largest absolute Gasteiger partial charge is 0.384 e. The van der Waals surface area contributed by atoms with Crippen LogP contribution in [0.5, 0.6) is 0 Å². The van der Waals surface area contributed by atoms with Crippen LogP contribution in [0.4, 0.5) is 0 Å². The molecule has 4 heteroatoms. The van der Waals surface area contributed by atoms with Crippen molar-refractivity contribution in [1.82, 2.24) is 9.80 Å². The van der Waals surface area contributed by atoms with E-state index in [1.807, 2.05) is 56.3 Å². The van der Waals surface area contributed by atoms with Crippen LogP contribution in [0.25, 0.3) is 0 Å². The van der Waals surface area contributed by atoms with E-state index in [4.69, 9.17) is 0 Å². The molecule has 0 saturated carbocycles. The van der Waals surface area contributed by atoms with Crippen LogP contribution in [0.3, 0.4) is 0 Å². The van der Waals surface area contributed by atoms with Crippen LogP contribution >= 0.6 is 0 Å². The molecule has 1 aliphatic rings. The third-order valence-electron chi connectivity index (χ3n) is 6.14. The van der Waals surface area contributed by atoms with Crippen LogP contribution in [0.1, 0.15) is 72.3 Å². The molecule has 160 valence electrons. The van der Waals surface area contributed by atoms with Crippen molar-refractivity contribution in [2.75, 3.05) is 26.2 Å². The summed E-state index contributed by atoms with van der Waals surface area (Å²) in [6.07, 6.45) is 4.94. The molecule has 4 nitrogen and oxygen atoms in total. The van der Waals surface area contributed by atoms with Crippen LogP contribution < -0.4 is 0 Å². The first kappa shape index (κ1) is 22.3. The van der Waals surface area contributed by atoms with Gasteiger partial charge in [-0.2, -0.15) is 0 Å². The topological polar surface area (TPSA) is 43.8 Å². The van der Waals surface area contributed by atoms with Crippen molar-refractivity contribution in [3.63, 3.8) is 0 Å². The lowest BCUT2D eigenvalue weighted by Gasteiger charge is -2.35. The summed E-state index contributed by atoms with van der Waals surface area (Å²) in [6.45, 7) is 11.3. The molecule has 1 saturated heterocycles. The van der Waals surface area contributed by atoms with Crippen molar-refractivity contribution < 1.29 is 9.90 Å². The summed E-state index contributed by atoms with van der Waals surface area (Å²) in [6, 6.07) is 16.1. The number of nitrogens with zero attached hydrogens (tertiary/aromatic N) is 2. The lowest BCUT2D eigenvalue weighted by Crippen LogP contribution is -2.33. The highest BCUT2D eigenvalue weighted by Crippen LogP contribution is 2.32. The quantitative estimate of drug-likeness (QED) is 0.630. The summed E-state index contributed by atoms with van der Waals surface area (Å²) >= 11 is 0. The highest BCUT2D eigenvalue weighted by Gasteiger charge is 2.23. The second kappa shape index (κ2) is 10.6. The second-order valence-corrected chi connectivity index (χ2v) is 7.96. The van der Waals surface area contributed by atoms with Crippen LogP contribution in [0.2, 0.25) is 0 Å². The SMILES string of the molecule is C=CCN1CCCCC1c1ccc(C(O)c2ccc(C(=O)N(CC)CC)cc2)cc1. The van der Waals surface area contributed by atoms with Gasteiger partial charge in [-0.15, -0.1) is 6.58 Å². The first-order valence-electron chi connectivity index (χ1n) is 11.1. The van der Waals surface area contributed by atoms with Gasteiger partial charge in [-0.25, -0.2) is 0 Å². The molecule has 0 aliphatic carbocycles. The van der Waals surface area contributed by atoms with E-state index in [9.17, 15) is 9.90 Å². The minimum Gasteiger partial charge on any atom is -0.384 e. The number of amides is 1. The van der Waals surface area contributed by atoms with E-state index in [1.54, 1.807) is 4.90 Å². The van der Waals surface area contributed by atoms with Crippen molar-refractivity contribution in [2.24, 2.45) is 0 Å². The van der Waals surface area contributed by atoms with Crippen LogP contribution in [-0.2, 0) is 0 Å². The van der Waals surface area contributed by atoms with Gasteiger partial charge in [0.25, 0.3) is 5.91 Å². The van der Waals surface area contributed by atoms with E-state index in [1.165, 1.54) is 18.4 Å². The maximum atomic E-state index is 12.5. The van der Waals surface area contributed by atoms with Gasteiger partial charge < -0.3 is 10.0 Å². The molecule has 1 amide bonds. The number of piperidine rings is 1. The Bertz CT molecular complexity index is 825. The first-order valence-corrected chi connectivity index (χ1v) is 11.1. The molecule has 1 N–H and O–H groups in total. The maximum absolute atomic E-state index is 12.5. The van der Waals surface area contributed by atoms with Gasteiger partial charge in [-0.05, 0) is 62.1 Å². The van der Waals surface area contributed by atoms with Gasteiger partial charge in [-0.1, -0.05) is 48.9 Å². The Balaban J connectivity index is 1.72. The Morgan fingerprint density at radius 1 is 1.10 bits per heavy atom. The fraction of sp³-hybridized carbons (Fsp3) is 0.423. The van der Waals surface area contributed by atoms with Gasteiger partial charge in [0.15, 0.2) is 0 Å². The number of carbonyl (C=O) groups excluding carboxylic acids is 1. The Labute approximate surface area is 180 Å². The molecule has 2 unspecified atom stereocenters. The highest BCUT2D eigenvalue weighted by molar-refractivity contribution is 5.94. The van der Waals surface area contributed by atoms with Gasteiger partial charge >= 0.3 is 0 Å². The number of hydrogen-bond acceptors (Lipinski definition) is 3. The zero-order valence-electron chi connectivity index (χ0n) is 18.3. The molecule has 0 aromatic heterocycles. The Morgan fingerprint density at radius 3 is 2.27 bits per heavy atom. The summed E-state index contributed by atoms with van der Waals surface area (Å²) in [5.41, 5.74) is 3.62. The Kier molecular flexibility index (Phi) is 7.83. The molecular weight excluding hydrogens is 372 g/mol. The van der Waals surface area contributed by atoms with Crippen molar-refractivity contribution in [1.29, 1.82) is 0 Å². The van der Waals surface area contributed by atoms with Crippen molar-refractivity contribution >= 4 is 5.91 Å². The van der Waals surface area contributed by atoms with Crippen molar-refractivity contribution in [3.05, 3.63) is 83.4 Å². The van der Waals surface area contributed by atoms with Gasteiger partial charge in [-0.3, -0.25) is 9.69 Å². The fourth-order valence-electron chi connectivity index (χ4n) is 4.35. The monoisotopic (exact) mass is 406 g/mol. The molecule has 2 atom stereocenters. The zero-order valence-corrected chi connectivity index (χ0v) is 18.3. The van der Waals surface area contributed by atoms with E-state index >= 15 is 0 Å². The Hall–Kier alpha value is -2.43. The summed E-state index contributed by atoms with van der Waals surface area (Å²) < 4.78 is 0. The summed E-state index contributed by atoms with van der Waals surface area (Å²) in [5.74, 6) is 0.0296. The number of aliphatic hydroxyl groups excluding tert-OH is 1. The van der Waals surface area contributed by atoms with Gasteiger partial charge in [0.2, 0.25) is 0 Å². The van der Waals surface area contributed by atoms with Gasteiger partial charge in [0.1, 0.15) is 6.10 Å². The molecule has 0 spiro atoms. The van der Waals surface area contributed by atoms with Crippen LogP contribution in [0, 0.1) is 0 Å². The van der Waals surface area contributed by atoms with Gasteiger partial charge in [0, 0.05) is 31.2 Å². The summed E-state index contributed by atoms with van der Waals surface area (Å²) in [7, 11) is 0. The van der Waals surface area contributed by atoms with E-state index in [-0.39, 0.29) is 5.91 Å². The number of aliphatic hydroxyl groups is 1. The number of benzene rings is 2. The minimum atomic E-state index is -0.702. The third kappa shape index (κ3) is 5.00. The molecule has 0 radical (unpaired) electrons. The molecule has 1 heterocycles. The molecule has 1 aliphatic heterocycles.